The Morgan fingerprint density at radius 3 is 2.78 bits per heavy atom. The number of aromatic nitrogens is 1. The summed E-state index contributed by atoms with van der Waals surface area (Å²) in [5.74, 6) is -0.318. The summed E-state index contributed by atoms with van der Waals surface area (Å²) in [4.78, 5) is 15.9. The van der Waals surface area contributed by atoms with Crippen LogP contribution in [0.25, 0.3) is 0 Å². The molecular formula is C11H15N3O3S. The zero-order valence-corrected chi connectivity index (χ0v) is 10.6. The number of carbonyl (C=O) groups is 1. The van der Waals surface area contributed by atoms with Crippen molar-refractivity contribution in [1.29, 1.82) is 0 Å². The van der Waals surface area contributed by atoms with E-state index in [-0.39, 0.29) is 17.4 Å². The number of hydrogen-bond acceptors (Lipinski definition) is 5. The average Bonchev–Trinajstić information content (AvgIpc) is 2.71. The number of amides is 1. The molecule has 7 heteroatoms. The summed E-state index contributed by atoms with van der Waals surface area (Å²) in [5.41, 5.74) is 6.31. The van der Waals surface area contributed by atoms with Gasteiger partial charge >= 0.3 is 0 Å². The van der Waals surface area contributed by atoms with Gasteiger partial charge in [-0.1, -0.05) is 6.07 Å². The summed E-state index contributed by atoms with van der Waals surface area (Å²) in [5, 5.41) is 2.62. The van der Waals surface area contributed by atoms with Crippen molar-refractivity contribution in [3.05, 3.63) is 23.9 Å². The van der Waals surface area contributed by atoms with Gasteiger partial charge in [-0.25, -0.2) is 13.4 Å². The maximum Gasteiger partial charge on any atom is 0.229 e. The molecule has 3 N–H and O–H groups in total. The van der Waals surface area contributed by atoms with E-state index in [1.807, 2.05) is 0 Å². The molecule has 1 unspecified atom stereocenters. The fraction of sp³-hybridized carbons (Fsp3) is 0.455. The first kappa shape index (κ1) is 13.0. The third-order valence-corrected chi connectivity index (χ3v) is 4.68. The monoisotopic (exact) mass is 269 g/mol. The third kappa shape index (κ3) is 3.05. The second kappa shape index (κ2) is 5.03. The van der Waals surface area contributed by atoms with Crippen LogP contribution in [0, 0.1) is 5.92 Å². The van der Waals surface area contributed by atoms with Crippen molar-refractivity contribution in [2.75, 3.05) is 16.8 Å². The summed E-state index contributed by atoms with van der Waals surface area (Å²) in [7, 11) is -3.04. The number of hydrogen-bond donors (Lipinski definition) is 2. The molecule has 0 saturated carbocycles. The van der Waals surface area contributed by atoms with Gasteiger partial charge in [0.15, 0.2) is 9.84 Å². The second-order valence-electron chi connectivity index (χ2n) is 4.35. The largest absolute Gasteiger partial charge is 0.326 e. The molecule has 1 saturated heterocycles. The maximum absolute atomic E-state index is 11.8. The molecule has 0 bridgehead atoms. The fourth-order valence-electron chi connectivity index (χ4n) is 1.85. The first-order valence-corrected chi connectivity index (χ1v) is 7.48. The number of pyridine rings is 1. The number of nitrogens with zero attached hydrogens (tertiary/aromatic N) is 1. The second-order valence-corrected chi connectivity index (χ2v) is 6.57. The van der Waals surface area contributed by atoms with E-state index in [9.17, 15) is 13.2 Å². The van der Waals surface area contributed by atoms with Crippen molar-refractivity contribution in [3.63, 3.8) is 0 Å². The zero-order valence-electron chi connectivity index (χ0n) is 9.80. The molecule has 0 radical (unpaired) electrons. The van der Waals surface area contributed by atoms with Crippen molar-refractivity contribution in [1.82, 2.24) is 4.98 Å². The van der Waals surface area contributed by atoms with E-state index in [4.69, 9.17) is 5.73 Å². The van der Waals surface area contributed by atoms with Crippen LogP contribution in [0.3, 0.4) is 0 Å². The molecule has 6 nitrogen and oxygen atoms in total. The van der Waals surface area contributed by atoms with Gasteiger partial charge in [-0.15, -0.1) is 0 Å². The predicted molar refractivity (Wildman–Crippen MR) is 67.5 cm³/mol. The fourth-order valence-corrected chi connectivity index (χ4v) is 3.59. The summed E-state index contributed by atoms with van der Waals surface area (Å²) in [6.07, 6.45) is 1.97. The first-order chi connectivity index (χ1) is 8.50. The van der Waals surface area contributed by atoms with Gasteiger partial charge in [0.25, 0.3) is 0 Å². The molecule has 18 heavy (non-hydrogen) atoms. The van der Waals surface area contributed by atoms with E-state index in [1.165, 1.54) is 0 Å². The van der Waals surface area contributed by atoms with Crippen molar-refractivity contribution < 1.29 is 13.2 Å². The van der Waals surface area contributed by atoms with Crippen LogP contribution in [-0.2, 0) is 21.2 Å². The third-order valence-electron chi connectivity index (χ3n) is 2.91. The molecule has 1 fully saturated rings. The van der Waals surface area contributed by atoms with Gasteiger partial charge in [0.05, 0.1) is 17.4 Å². The van der Waals surface area contributed by atoms with Crippen LogP contribution in [0.1, 0.15) is 12.0 Å². The van der Waals surface area contributed by atoms with Crippen LogP contribution >= 0.6 is 0 Å². The minimum Gasteiger partial charge on any atom is -0.326 e. The van der Waals surface area contributed by atoms with Crippen LogP contribution in [0.15, 0.2) is 18.3 Å². The zero-order chi connectivity index (χ0) is 13.2. The predicted octanol–water partition coefficient (Wildman–Crippen LogP) is -0.0865. The lowest BCUT2D eigenvalue weighted by molar-refractivity contribution is -0.119. The molecule has 1 atom stereocenters. The van der Waals surface area contributed by atoms with E-state index in [1.54, 1.807) is 18.3 Å². The molecule has 2 rings (SSSR count). The Morgan fingerprint density at radius 2 is 2.28 bits per heavy atom. The van der Waals surface area contributed by atoms with E-state index in [2.05, 4.69) is 10.3 Å². The summed E-state index contributed by atoms with van der Waals surface area (Å²) in [6.45, 7) is 0.391. The molecule has 1 aromatic heterocycles. The number of nitrogens with two attached hydrogens (primary N) is 1. The molecule has 0 aromatic carbocycles. The highest BCUT2D eigenvalue weighted by atomic mass is 32.2. The Bertz CT molecular complexity index is 539. The first-order valence-electron chi connectivity index (χ1n) is 5.66. The Labute approximate surface area is 106 Å². The van der Waals surface area contributed by atoms with Crippen molar-refractivity contribution in [2.24, 2.45) is 11.7 Å². The Balaban J connectivity index is 1.99. The van der Waals surface area contributed by atoms with E-state index in [0.29, 0.717) is 18.8 Å². The van der Waals surface area contributed by atoms with Crippen LogP contribution in [0.2, 0.25) is 0 Å². The van der Waals surface area contributed by atoms with Crippen molar-refractivity contribution in [3.8, 4) is 0 Å². The minimum atomic E-state index is -3.04. The maximum atomic E-state index is 11.8. The van der Waals surface area contributed by atoms with Gasteiger partial charge in [0, 0.05) is 12.7 Å². The average molecular weight is 269 g/mol. The number of carbonyl (C=O) groups excluding carboxylic acids is 1. The molecule has 1 amide bonds. The Morgan fingerprint density at radius 1 is 1.50 bits per heavy atom. The molecule has 0 aliphatic carbocycles. The van der Waals surface area contributed by atoms with E-state index >= 15 is 0 Å². The van der Waals surface area contributed by atoms with Crippen LogP contribution < -0.4 is 11.1 Å². The van der Waals surface area contributed by atoms with Crippen molar-refractivity contribution in [2.45, 2.75) is 13.0 Å². The minimum absolute atomic E-state index is 0.0697. The van der Waals surface area contributed by atoms with Gasteiger partial charge in [-0.2, -0.15) is 0 Å². The molecule has 1 aromatic rings. The van der Waals surface area contributed by atoms with Crippen LogP contribution in [0.5, 0.6) is 0 Å². The summed E-state index contributed by atoms with van der Waals surface area (Å²) in [6, 6.07) is 3.43. The van der Waals surface area contributed by atoms with Gasteiger partial charge in [-0.3, -0.25) is 4.79 Å². The van der Waals surface area contributed by atoms with Crippen LogP contribution in [-0.4, -0.2) is 30.8 Å². The number of anilines is 1. The van der Waals surface area contributed by atoms with Gasteiger partial charge in [0.1, 0.15) is 5.82 Å². The van der Waals surface area contributed by atoms with E-state index in [0.717, 1.165) is 5.56 Å². The SMILES string of the molecule is NCc1ccc(NC(=O)C2CCS(=O)(=O)C2)nc1. The highest BCUT2D eigenvalue weighted by Gasteiger charge is 2.32. The topological polar surface area (TPSA) is 102 Å². The van der Waals surface area contributed by atoms with Crippen LogP contribution in [0.4, 0.5) is 5.82 Å². The van der Waals surface area contributed by atoms with Gasteiger partial charge in [0.2, 0.25) is 5.91 Å². The van der Waals surface area contributed by atoms with Crippen molar-refractivity contribution >= 4 is 21.6 Å². The lowest BCUT2D eigenvalue weighted by atomic mass is 10.1. The quantitative estimate of drug-likeness (QED) is 0.798. The standard InChI is InChI=1S/C11H15N3O3S/c12-5-8-1-2-10(13-6-8)14-11(15)9-3-4-18(16,17)7-9/h1-2,6,9H,3-5,7,12H2,(H,13,14,15). The lowest BCUT2D eigenvalue weighted by Gasteiger charge is -2.08. The lowest BCUT2D eigenvalue weighted by Crippen LogP contribution is -2.24. The van der Waals surface area contributed by atoms with Gasteiger partial charge in [-0.05, 0) is 18.1 Å². The summed E-state index contributed by atoms with van der Waals surface area (Å²) >= 11 is 0. The smallest absolute Gasteiger partial charge is 0.229 e. The highest BCUT2D eigenvalue weighted by Crippen LogP contribution is 2.19. The molecule has 1 aliphatic heterocycles. The molecule has 1 aliphatic rings. The highest BCUT2D eigenvalue weighted by molar-refractivity contribution is 7.91. The molecule has 0 spiro atoms. The Hall–Kier alpha value is -1.47. The summed E-state index contributed by atoms with van der Waals surface area (Å²) < 4.78 is 22.5. The number of sulfone groups is 1. The normalized spacial score (nSPS) is 21.7. The number of nitrogens with one attached hydrogen (secondary N) is 1. The van der Waals surface area contributed by atoms with E-state index < -0.39 is 15.8 Å². The van der Waals surface area contributed by atoms with Gasteiger partial charge < -0.3 is 11.1 Å². The Kier molecular flexibility index (Phi) is 3.63. The molecule has 2 heterocycles. The number of rotatable bonds is 3. The molecule has 98 valence electrons. The molecular weight excluding hydrogens is 254 g/mol.